The van der Waals surface area contributed by atoms with Gasteiger partial charge in [-0.25, -0.2) is 4.79 Å². The Kier molecular flexibility index (Phi) is 3.78. The van der Waals surface area contributed by atoms with Crippen molar-refractivity contribution in [3.8, 4) is 5.75 Å². The van der Waals surface area contributed by atoms with E-state index in [0.29, 0.717) is 15.8 Å². The van der Waals surface area contributed by atoms with E-state index in [0.717, 1.165) is 17.1 Å². The lowest BCUT2D eigenvalue weighted by molar-refractivity contribution is 0.0691. The van der Waals surface area contributed by atoms with Crippen LogP contribution >= 0.6 is 23.1 Å². The number of aryl methyl sites for hydroxylation is 1. The highest BCUT2D eigenvalue weighted by atomic mass is 35.5. The number of hydrogen-bond acceptors (Lipinski definition) is 5. The molecule has 0 spiro atoms. The molecule has 5 nitrogen and oxygen atoms in total. The highest BCUT2D eigenvalue weighted by Crippen LogP contribution is 2.23. The summed E-state index contributed by atoms with van der Waals surface area (Å²) in [6.07, 6.45) is 0. The van der Waals surface area contributed by atoms with Gasteiger partial charge in [-0.05, 0) is 24.6 Å². The lowest BCUT2D eigenvalue weighted by Gasteiger charge is -2.08. The van der Waals surface area contributed by atoms with E-state index in [4.69, 9.17) is 21.4 Å². The van der Waals surface area contributed by atoms with Crippen LogP contribution in [-0.2, 0) is 6.61 Å². The summed E-state index contributed by atoms with van der Waals surface area (Å²) in [4.78, 5) is 11.0. The van der Waals surface area contributed by atoms with Gasteiger partial charge in [0.25, 0.3) is 0 Å². The SMILES string of the molecule is Cc1ccc(C(=O)O)c(OCc2nnsc2Cl)c1. The molecule has 2 aromatic rings. The Bertz CT molecular complexity index is 585. The number of aromatic carboxylic acids is 1. The van der Waals surface area contributed by atoms with Crippen molar-refractivity contribution in [2.75, 3.05) is 0 Å². The first-order valence-electron chi connectivity index (χ1n) is 5.01. The van der Waals surface area contributed by atoms with Crippen LogP contribution in [0.2, 0.25) is 4.34 Å². The quantitative estimate of drug-likeness (QED) is 0.934. The summed E-state index contributed by atoms with van der Waals surface area (Å²) < 4.78 is 9.56. The first kappa shape index (κ1) is 12.8. The second-order valence-electron chi connectivity index (χ2n) is 3.59. The maximum atomic E-state index is 11.0. The number of halogens is 1. The fraction of sp³-hybridized carbons (Fsp3) is 0.182. The molecule has 0 radical (unpaired) electrons. The second-order valence-corrected chi connectivity index (χ2v) is 4.94. The van der Waals surface area contributed by atoms with Crippen LogP contribution in [0, 0.1) is 6.92 Å². The maximum absolute atomic E-state index is 11.0. The fourth-order valence-corrected chi connectivity index (χ4v) is 1.96. The van der Waals surface area contributed by atoms with Gasteiger partial charge in [0, 0.05) is 11.5 Å². The van der Waals surface area contributed by atoms with Crippen molar-refractivity contribution in [2.45, 2.75) is 13.5 Å². The third kappa shape index (κ3) is 2.77. The van der Waals surface area contributed by atoms with Crippen LogP contribution in [0.5, 0.6) is 5.75 Å². The topological polar surface area (TPSA) is 72.3 Å². The van der Waals surface area contributed by atoms with Crippen LogP contribution < -0.4 is 4.74 Å². The molecule has 2 rings (SSSR count). The number of nitrogens with zero attached hydrogens (tertiary/aromatic N) is 2. The zero-order valence-corrected chi connectivity index (χ0v) is 11.0. The Labute approximate surface area is 112 Å². The van der Waals surface area contributed by atoms with Crippen LogP contribution in [0.25, 0.3) is 0 Å². The molecular weight excluding hydrogens is 276 g/mol. The molecule has 0 bridgehead atoms. The zero-order chi connectivity index (χ0) is 13.1. The summed E-state index contributed by atoms with van der Waals surface area (Å²) >= 11 is 6.90. The predicted molar refractivity (Wildman–Crippen MR) is 67.4 cm³/mol. The van der Waals surface area contributed by atoms with E-state index in [1.807, 2.05) is 6.92 Å². The largest absolute Gasteiger partial charge is 0.486 e. The normalized spacial score (nSPS) is 10.3. The van der Waals surface area contributed by atoms with E-state index < -0.39 is 5.97 Å². The molecule has 0 fully saturated rings. The van der Waals surface area contributed by atoms with E-state index in [1.54, 1.807) is 12.1 Å². The van der Waals surface area contributed by atoms with Crippen LogP contribution in [0.1, 0.15) is 21.6 Å². The Hall–Kier alpha value is -1.66. The van der Waals surface area contributed by atoms with Crippen molar-refractivity contribution in [2.24, 2.45) is 0 Å². The number of carbonyl (C=O) groups is 1. The monoisotopic (exact) mass is 284 g/mol. The molecule has 1 aromatic heterocycles. The summed E-state index contributed by atoms with van der Waals surface area (Å²) in [5, 5.41) is 12.8. The van der Waals surface area contributed by atoms with E-state index in [9.17, 15) is 4.79 Å². The van der Waals surface area contributed by atoms with Crippen LogP contribution in [0.4, 0.5) is 0 Å². The Morgan fingerprint density at radius 3 is 2.94 bits per heavy atom. The molecule has 0 amide bonds. The maximum Gasteiger partial charge on any atom is 0.339 e. The summed E-state index contributed by atoms with van der Waals surface area (Å²) in [5.74, 6) is -0.737. The molecule has 1 aromatic carbocycles. The van der Waals surface area contributed by atoms with E-state index in [2.05, 4.69) is 9.59 Å². The van der Waals surface area contributed by atoms with Crippen molar-refractivity contribution < 1.29 is 14.6 Å². The lowest BCUT2D eigenvalue weighted by atomic mass is 10.1. The third-order valence-corrected chi connectivity index (χ3v) is 3.23. The van der Waals surface area contributed by atoms with Gasteiger partial charge in [0.1, 0.15) is 28.0 Å². The van der Waals surface area contributed by atoms with Gasteiger partial charge in [0.2, 0.25) is 0 Å². The average molecular weight is 285 g/mol. The molecule has 0 saturated heterocycles. The molecule has 0 aliphatic rings. The van der Waals surface area contributed by atoms with Gasteiger partial charge in [0.15, 0.2) is 0 Å². The minimum Gasteiger partial charge on any atom is -0.486 e. The summed E-state index contributed by atoms with van der Waals surface area (Å²) in [6.45, 7) is 1.95. The molecule has 0 aliphatic heterocycles. The predicted octanol–water partition coefficient (Wildman–Crippen LogP) is 2.78. The molecule has 1 N–H and O–H groups in total. The molecule has 0 aliphatic carbocycles. The van der Waals surface area contributed by atoms with Gasteiger partial charge in [-0.3, -0.25) is 0 Å². The van der Waals surface area contributed by atoms with Crippen molar-refractivity contribution in [1.29, 1.82) is 0 Å². The molecule has 0 saturated carbocycles. The first-order chi connectivity index (χ1) is 8.58. The number of aromatic nitrogens is 2. The molecule has 7 heteroatoms. The van der Waals surface area contributed by atoms with Gasteiger partial charge >= 0.3 is 5.97 Å². The summed E-state index contributed by atoms with van der Waals surface area (Å²) in [5.41, 5.74) is 1.52. The summed E-state index contributed by atoms with van der Waals surface area (Å²) in [7, 11) is 0. The highest BCUT2D eigenvalue weighted by molar-refractivity contribution is 7.10. The molecule has 18 heavy (non-hydrogen) atoms. The average Bonchev–Trinajstić information content (AvgIpc) is 2.72. The van der Waals surface area contributed by atoms with Crippen LogP contribution in [0.3, 0.4) is 0 Å². The minimum atomic E-state index is -1.03. The fourth-order valence-electron chi connectivity index (χ4n) is 1.35. The van der Waals surface area contributed by atoms with E-state index >= 15 is 0 Å². The van der Waals surface area contributed by atoms with E-state index in [1.165, 1.54) is 6.07 Å². The smallest absolute Gasteiger partial charge is 0.339 e. The van der Waals surface area contributed by atoms with E-state index in [-0.39, 0.29) is 12.2 Å². The minimum absolute atomic E-state index is 0.0963. The van der Waals surface area contributed by atoms with Crippen molar-refractivity contribution in [1.82, 2.24) is 9.59 Å². The van der Waals surface area contributed by atoms with Gasteiger partial charge < -0.3 is 9.84 Å². The molecule has 0 unspecified atom stereocenters. The Morgan fingerprint density at radius 2 is 2.33 bits per heavy atom. The Balaban J connectivity index is 2.20. The number of rotatable bonds is 4. The lowest BCUT2D eigenvalue weighted by Crippen LogP contribution is -2.04. The number of ether oxygens (including phenoxy) is 1. The van der Waals surface area contributed by atoms with Gasteiger partial charge in [-0.1, -0.05) is 22.2 Å². The van der Waals surface area contributed by atoms with Crippen molar-refractivity contribution in [3.05, 3.63) is 39.4 Å². The van der Waals surface area contributed by atoms with Gasteiger partial charge in [0.05, 0.1) is 0 Å². The number of carboxylic acids is 1. The molecule has 1 heterocycles. The second kappa shape index (κ2) is 5.32. The molecule has 94 valence electrons. The highest BCUT2D eigenvalue weighted by Gasteiger charge is 2.13. The van der Waals surface area contributed by atoms with Gasteiger partial charge in [-0.2, -0.15) is 0 Å². The third-order valence-electron chi connectivity index (χ3n) is 2.24. The number of carboxylic acid groups (broad SMARTS) is 1. The number of hydrogen-bond donors (Lipinski definition) is 1. The van der Waals surface area contributed by atoms with Crippen molar-refractivity contribution >= 4 is 29.1 Å². The van der Waals surface area contributed by atoms with Crippen LogP contribution in [-0.4, -0.2) is 20.7 Å². The first-order valence-corrected chi connectivity index (χ1v) is 6.16. The van der Waals surface area contributed by atoms with Crippen molar-refractivity contribution in [3.63, 3.8) is 0 Å². The standard InChI is InChI=1S/C11H9ClN2O3S/c1-6-2-3-7(11(15)16)9(4-6)17-5-8-10(12)18-14-13-8/h2-4H,5H2,1H3,(H,15,16). The van der Waals surface area contributed by atoms with Gasteiger partial charge in [-0.15, -0.1) is 5.10 Å². The Morgan fingerprint density at radius 1 is 1.56 bits per heavy atom. The summed E-state index contributed by atoms with van der Waals surface area (Å²) in [6, 6.07) is 4.89. The zero-order valence-electron chi connectivity index (χ0n) is 9.38. The van der Waals surface area contributed by atoms with Crippen LogP contribution in [0.15, 0.2) is 18.2 Å². The molecular formula is C11H9ClN2O3S. The molecule has 0 atom stereocenters. The number of benzene rings is 1.